The van der Waals surface area contributed by atoms with E-state index in [2.05, 4.69) is 135 Å². The molecule has 84 heavy (non-hydrogen) atoms. The van der Waals surface area contributed by atoms with Gasteiger partial charge >= 0.3 is 19.8 Å². The number of esters is 2. The highest BCUT2D eigenvalue weighted by molar-refractivity contribution is 7.47. The lowest BCUT2D eigenvalue weighted by atomic mass is 10.0. The summed E-state index contributed by atoms with van der Waals surface area (Å²) in [7, 11) is 1.44. The molecular weight excluding hydrogens is 1060 g/mol. The number of hydrogen-bond donors (Lipinski definition) is 1. The van der Waals surface area contributed by atoms with E-state index in [1.807, 2.05) is 21.1 Å². The lowest BCUT2D eigenvalue weighted by Crippen LogP contribution is -2.37. The average Bonchev–Trinajstić information content (AvgIpc) is 3.61. The van der Waals surface area contributed by atoms with Crippen LogP contribution in [0.15, 0.2) is 122 Å². The van der Waals surface area contributed by atoms with Crippen molar-refractivity contribution in [1.29, 1.82) is 0 Å². The zero-order chi connectivity index (χ0) is 61.2. The van der Waals surface area contributed by atoms with E-state index in [0.29, 0.717) is 17.4 Å². The molecule has 2 unspecified atom stereocenters. The van der Waals surface area contributed by atoms with Crippen LogP contribution in [0.2, 0.25) is 0 Å². The van der Waals surface area contributed by atoms with E-state index >= 15 is 0 Å². The summed E-state index contributed by atoms with van der Waals surface area (Å²) in [6.45, 7) is 4.29. The summed E-state index contributed by atoms with van der Waals surface area (Å²) in [6.07, 6.45) is 91.6. The number of phosphoric acid groups is 1. The van der Waals surface area contributed by atoms with Gasteiger partial charge in [-0.2, -0.15) is 0 Å². The normalized spacial score (nSPS) is 13.9. The molecule has 0 aromatic carbocycles. The Hall–Kier alpha value is -3.59. The summed E-state index contributed by atoms with van der Waals surface area (Å²) in [5.41, 5.74) is 0. The second-order valence-corrected chi connectivity index (χ2v) is 25.3. The molecule has 0 rings (SSSR count). The van der Waals surface area contributed by atoms with E-state index in [9.17, 15) is 19.0 Å². The highest BCUT2D eigenvalue weighted by atomic mass is 31.2. The first-order chi connectivity index (χ1) is 41.0. The van der Waals surface area contributed by atoms with Gasteiger partial charge in [0.15, 0.2) is 6.10 Å². The molecule has 482 valence electrons. The van der Waals surface area contributed by atoms with E-state index in [1.165, 1.54) is 154 Å². The molecule has 0 saturated carbocycles. The maximum absolute atomic E-state index is 12.8. The first-order valence-electron chi connectivity index (χ1n) is 34.3. The Morgan fingerprint density at radius 3 is 1.01 bits per heavy atom. The van der Waals surface area contributed by atoms with Crippen molar-refractivity contribution in [3.8, 4) is 0 Å². The van der Waals surface area contributed by atoms with Gasteiger partial charge in [-0.15, -0.1) is 0 Å². The smallest absolute Gasteiger partial charge is 0.462 e. The van der Waals surface area contributed by atoms with Gasteiger partial charge < -0.3 is 18.9 Å². The van der Waals surface area contributed by atoms with Crippen molar-refractivity contribution in [1.82, 2.24) is 0 Å². The number of nitrogens with zero attached hydrogens (tertiary/aromatic N) is 1. The first kappa shape index (κ1) is 80.4. The molecule has 10 heteroatoms. The molecule has 9 nitrogen and oxygen atoms in total. The Bertz CT molecular complexity index is 1830. The predicted octanol–water partition coefficient (Wildman–Crippen LogP) is 22.3. The number of carbonyl (C=O) groups excluding carboxylic acids is 2. The minimum atomic E-state index is -4.41. The lowest BCUT2D eigenvalue weighted by molar-refractivity contribution is -0.870. The number of ether oxygens (including phenoxy) is 2. The number of hydrogen-bond acceptors (Lipinski definition) is 7. The molecule has 0 aromatic heterocycles. The SMILES string of the molecule is CC/C=C\C/C=C\C/C=C\C/C=C\C/C=C\C/C=C\C/C=C\C/C=C\C/C=C\C/C=C\CCCCC(=O)OC(COC(=O)CCCCCCCCCCCCCCCCCCCCCCCCCCCCC)COP(=O)(O)OCC[N+](C)(C)C. The zero-order valence-corrected chi connectivity index (χ0v) is 55.7. The third-order valence-corrected chi connectivity index (χ3v) is 15.5. The summed E-state index contributed by atoms with van der Waals surface area (Å²) in [5.74, 6) is -0.846. The molecule has 0 amide bonds. The van der Waals surface area contributed by atoms with E-state index in [4.69, 9.17) is 18.5 Å². The van der Waals surface area contributed by atoms with Crippen molar-refractivity contribution in [2.24, 2.45) is 0 Å². The highest BCUT2D eigenvalue weighted by Crippen LogP contribution is 2.43. The van der Waals surface area contributed by atoms with Gasteiger partial charge in [0.05, 0.1) is 27.7 Å². The topological polar surface area (TPSA) is 108 Å². The van der Waals surface area contributed by atoms with Crippen molar-refractivity contribution in [3.63, 3.8) is 0 Å². The van der Waals surface area contributed by atoms with Gasteiger partial charge in [0.25, 0.3) is 0 Å². The quantitative estimate of drug-likeness (QED) is 0.0211. The van der Waals surface area contributed by atoms with Crippen LogP contribution < -0.4 is 0 Å². The fourth-order valence-corrected chi connectivity index (χ4v) is 10.0. The number of likely N-dealkylation sites (N-methyl/N-ethyl adjacent to an activating group) is 1. The van der Waals surface area contributed by atoms with Crippen LogP contribution in [-0.2, 0) is 32.7 Å². The third-order valence-electron chi connectivity index (χ3n) is 14.5. The molecule has 0 bridgehead atoms. The summed E-state index contributed by atoms with van der Waals surface area (Å²) in [4.78, 5) is 35.8. The van der Waals surface area contributed by atoms with Crippen LogP contribution in [0.3, 0.4) is 0 Å². The first-order valence-corrected chi connectivity index (χ1v) is 35.8. The van der Waals surface area contributed by atoms with Gasteiger partial charge in [-0.25, -0.2) is 4.57 Å². The summed E-state index contributed by atoms with van der Waals surface area (Å²) in [5, 5.41) is 0. The van der Waals surface area contributed by atoms with Crippen LogP contribution in [-0.4, -0.2) is 74.9 Å². The fourth-order valence-electron chi connectivity index (χ4n) is 9.28. The summed E-state index contributed by atoms with van der Waals surface area (Å²) in [6, 6.07) is 0. The second kappa shape index (κ2) is 63.9. The van der Waals surface area contributed by atoms with E-state index in [1.54, 1.807) is 0 Å². The van der Waals surface area contributed by atoms with E-state index in [-0.39, 0.29) is 32.0 Å². The number of carbonyl (C=O) groups is 2. The molecule has 1 N–H and O–H groups in total. The van der Waals surface area contributed by atoms with Gasteiger partial charge in [0.1, 0.15) is 19.8 Å². The van der Waals surface area contributed by atoms with Crippen molar-refractivity contribution in [2.75, 3.05) is 47.5 Å². The number of unbranched alkanes of at least 4 members (excludes halogenated alkanes) is 28. The van der Waals surface area contributed by atoms with Crippen LogP contribution in [0.5, 0.6) is 0 Å². The van der Waals surface area contributed by atoms with E-state index < -0.39 is 26.5 Å². The molecule has 2 atom stereocenters. The molecular formula is C74H129NO8P+. The van der Waals surface area contributed by atoms with Crippen molar-refractivity contribution < 1.29 is 42.1 Å². The Balaban J connectivity index is 4.19. The van der Waals surface area contributed by atoms with Crippen molar-refractivity contribution >= 4 is 19.8 Å². The molecule has 0 heterocycles. The maximum Gasteiger partial charge on any atom is 0.472 e. The number of phosphoric ester groups is 1. The lowest BCUT2D eigenvalue weighted by Gasteiger charge is -2.24. The standard InChI is InChI=1S/C74H128NO8P/c1-6-8-10-12-14-16-18-20-22-24-26-28-30-32-34-35-36-37-38-39-41-43-45-47-49-51-53-55-57-59-61-63-65-67-74(77)83-72(71-82-84(78,79)81-69-68-75(3,4)5)70-80-73(76)66-64-62-60-58-56-54-52-50-48-46-44-42-40-33-31-29-27-25-23-21-19-17-15-13-11-9-7-2/h8,10,14,16,20,22,26,28,32,34,36-37,39,41,45,47,51,53,57,59,72H,6-7,9,11-13,15,17-19,21,23-25,27,29-31,33,35,38,40,42-44,46,48-50,52,54-56,58,60-71H2,1-5H3/p+1/b10-8-,16-14-,22-20-,28-26-,34-32-,37-36-,41-39-,47-45-,53-51-,59-57-. The van der Waals surface area contributed by atoms with Gasteiger partial charge in [-0.3, -0.25) is 18.6 Å². The second-order valence-electron chi connectivity index (χ2n) is 23.8. The van der Waals surface area contributed by atoms with Crippen LogP contribution in [0, 0.1) is 0 Å². The Labute approximate surface area is 518 Å². The van der Waals surface area contributed by atoms with Crippen LogP contribution in [0.1, 0.15) is 284 Å². The number of quaternary nitrogens is 1. The van der Waals surface area contributed by atoms with E-state index in [0.717, 1.165) is 96.3 Å². The van der Waals surface area contributed by atoms with Crippen LogP contribution >= 0.6 is 7.82 Å². The molecule has 0 aliphatic heterocycles. The highest BCUT2D eigenvalue weighted by Gasteiger charge is 2.27. The monoisotopic (exact) mass is 1190 g/mol. The Morgan fingerprint density at radius 1 is 0.381 bits per heavy atom. The van der Waals surface area contributed by atoms with Crippen LogP contribution in [0.25, 0.3) is 0 Å². The molecule has 0 saturated heterocycles. The maximum atomic E-state index is 12.8. The minimum Gasteiger partial charge on any atom is -0.462 e. The number of rotatable bonds is 62. The Morgan fingerprint density at radius 2 is 0.679 bits per heavy atom. The molecule has 0 fully saturated rings. The number of allylic oxidation sites excluding steroid dienone is 20. The van der Waals surface area contributed by atoms with Gasteiger partial charge in [0.2, 0.25) is 0 Å². The van der Waals surface area contributed by atoms with Crippen molar-refractivity contribution in [2.45, 2.75) is 290 Å². The predicted molar refractivity (Wildman–Crippen MR) is 362 cm³/mol. The molecule has 0 aliphatic rings. The van der Waals surface area contributed by atoms with Gasteiger partial charge in [-0.05, 0) is 89.9 Å². The largest absolute Gasteiger partial charge is 0.472 e. The summed E-state index contributed by atoms with van der Waals surface area (Å²) < 4.78 is 34.6. The summed E-state index contributed by atoms with van der Waals surface area (Å²) >= 11 is 0. The molecule has 0 aromatic rings. The zero-order valence-electron chi connectivity index (χ0n) is 54.9. The molecule has 0 radical (unpaired) electrons. The van der Waals surface area contributed by atoms with Crippen LogP contribution in [0.4, 0.5) is 0 Å². The average molecular weight is 1190 g/mol. The van der Waals surface area contributed by atoms with Gasteiger partial charge in [-0.1, -0.05) is 302 Å². The molecule has 0 spiro atoms. The fraction of sp³-hybridized carbons (Fsp3) is 0.703. The Kier molecular flexibility index (Phi) is 61.2. The minimum absolute atomic E-state index is 0.0180. The third kappa shape index (κ3) is 67.5. The van der Waals surface area contributed by atoms with Crippen molar-refractivity contribution in [3.05, 3.63) is 122 Å². The molecule has 0 aliphatic carbocycles. The van der Waals surface area contributed by atoms with Gasteiger partial charge in [0, 0.05) is 12.8 Å².